The van der Waals surface area contributed by atoms with Crippen LogP contribution in [0, 0.1) is 10.1 Å². The zero-order valence-corrected chi connectivity index (χ0v) is 14.3. The molecule has 24 heavy (non-hydrogen) atoms. The van der Waals surface area contributed by atoms with Crippen molar-refractivity contribution in [2.75, 3.05) is 18.9 Å². The van der Waals surface area contributed by atoms with Crippen molar-refractivity contribution in [3.8, 4) is 0 Å². The Morgan fingerprint density at radius 1 is 1.25 bits per heavy atom. The van der Waals surface area contributed by atoms with Crippen LogP contribution in [-0.2, 0) is 11.3 Å². The number of nitrogens with one attached hydrogen (secondary N) is 1. The van der Waals surface area contributed by atoms with Gasteiger partial charge in [-0.3, -0.25) is 19.8 Å². The molecule has 0 aliphatic carbocycles. The molecule has 1 amide bonds. The van der Waals surface area contributed by atoms with E-state index in [-0.39, 0.29) is 23.2 Å². The van der Waals surface area contributed by atoms with Crippen molar-refractivity contribution < 1.29 is 9.72 Å². The number of hydrogen-bond acceptors (Lipinski definition) is 4. The van der Waals surface area contributed by atoms with Crippen molar-refractivity contribution in [2.45, 2.75) is 6.54 Å². The first kappa shape index (κ1) is 18.2. The van der Waals surface area contributed by atoms with Gasteiger partial charge >= 0.3 is 0 Å². The van der Waals surface area contributed by atoms with Crippen molar-refractivity contribution in [2.24, 2.45) is 0 Å². The maximum Gasteiger partial charge on any atom is 0.271 e. The molecule has 0 saturated carbocycles. The first-order valence-electron chi connectivity index (χ1n) is 7.02. The van der Waals surface area contributed by atoms with E-state index in [9.17, 15) is 14.9 Å². The molecule has 0 spiro atoms. The van der Waals surface area contributed by atoms with Crippen LogP contribution in [0.5, 0.6) is 0 Å². The topological polar surface area (TPSA) is 75.5 Å². The molecule has 0 bridgehead atoms. The van der Waals surface area contributed by atoms with E-state index in [1.807, 2.05) is 23.1 Å². The minimum absolute atomic E-state index is 0.120. The summed E-state index contributed by atoms with van der Waals surface area (Å²) in [6, 6.07) is 11.3. The van der Waals surface area contributed by atoms with E-state index in [4.69, 9.17) is 23.2 Å². The Hall–Kier alpha value is -2.15. The number of nitro benzene ring substituents is 1. The molecule has 2 aromatic rings. The molecule has 0 aliphatic rings. The van der Waals surface area contributed by atoms with Crippen LogP contribution in [-0.4, -0.2) is 29.3 Å². The molecular formula is C16H15Cl2N3O3. The third-order valence-corrected chi connectivity index (χ3v) is 3.74. The lowest BCUT2D eigenvalue weighted by molar-refractivity contribution is -0.384. The summed E-state index contributed by atoms with van der Waals surface area (Å²) in [6.45, 7) is 0.696. The van der Waals surface area contributed by atoms with Crippen LogP contribution in [0.4, 0.5) is 11.4 Å². The van der Waals surface area contributed by atoms with Crippen molar-refractivity contribution in [3.63, 3.8) is 0 Å². The van der Waals surface area contributed by atoms with Crippen LogP contribution in [0.25, 0.3) is 0 Å². The van der Waals surface area contributed by atoms with E-state index >= 15 is 0 Å². The summed E-state index contributed by atoms with van der Waals surface area (Å²) in [6.07, 6.45) is 0. The molecule has 8 heteroatoms. The number of non-ortho nitro benzene ring substituents is 1. The Bertz CT molecular complexity index is 768. The van der Waals surface area contributed by atoms with Gasteiger partial charge in [0, 0.05) is 23.7 Å². The molecule has 0 aliphatic heterocycles. The van der Waals surface area contributed by atoms with Gasteiger partial charge in [0.05, 0.1) is 22.2 Å². The Labute approximate surface area is 149 Å². The predicted octanol–water partition coefficient (Wildman–Crippen LogP) is 3.97. The zero-order chi connectivity index (χ0) is 17.7. The standard InChI is InChI=1S/C16H15Cl2N3O3/c1-20(9-11-3-2-4-12(17)7-11)10-16(22)19-15-6-5-13(21(23)24)8-14(15)18/h2-8H,9-10H2,1H3,(H,19,22). The predicted molar refractivity (Wildman–Crippen MR) is 94.5 cm³/mol. The normalized spacial score (nSPS) is 10.7. The van der Waals surface area contributed by atoms with Crippen LogP contribution < -0.4 is 5.32 Å². The van der Waals surface area contributed by atoms with Crippen molar-refractivity contribution in [1.82, 2.24) is 4.90 Å². The molecule has 0 aromatic heterocycles. The summed E-state index contributed by atoms with van der Waals surface area (Å²) in [5.41, 5.74) is 1.20. The molecule has 0 atom stereocenters. The van der Waals surface area contributed by atoms with Crippen LogP contribution in [0.3, 0.4) is 0 Å². The summed E-state index contributed by atoms with van der Waals surface area (Å²) in [4.78, 5) is 24.0. The Morgan fingerprint density at radius 3 is 2.62 bits per heavy atom. The number of rotatable bonds is 6. The van der Waals surface area contributed by atoms with Gasteiger partial charge in [-0.05, 0) is 30.8 Å². The maximum atomic E-state index is 12.1. The van der Waals surface area contributed by atoms with Gasteiger partial charge in [0.15, 0.2) is 0 Å². The summed E-state index contributed by atoms with van der Waals surface area (Å²) < 4.78 is 0. The van der Waals surface area contributed by atoms with Crippen LogP contribution in [0.1, 0.15) is 5.56 Å². The first-order chi connectivity index (χ1) is 11.3. The SMILES string of the molecule is CN(CC(=O)Nc1ccc([N+](=O)[O-])cc1Cl)Cc1cccc(Cl)c1. The molecule has 0 radical (unpaired) electrons. The average Bonchev–Trinajstić information content (AvgIpc) is 2.48. The Balaban J connectivity index is 1.94. The van der Waals surface area contributed by atoms with E-state index in [0.717, 1.165) is 5.56 Å². The number of nitrogens with zero attached hydrogens (tertiary/aromatic N) is 2. The number of anilines is 1. The minimum atomic E-state index is -0.545. The number of nitro groups is 1. The molecule has 2 aromatic carbocycles. The summed E-state index contributed by atoms with van der Waals surface area (Å²) in [5.74, 6) is -0.268. The second kappa shape index (κ2) is 8.10. The van der Waals surface area contributed by atoms with Crippen molar-refractivity contribution in [1.29, 1.82) is 0 Å². The zero-order valence-electron chi connectivity index (χ0n) is 12.8. The maximum absolute atomic E-state index is 12.1. The van der Waals surface area contributed by atoms with E-state index in [0.29, 0.717) is 17.3 Å². The molecule has 6 nitrogen and oxygen atoms in total. The smallest absolute Gasteiger partial charge is 0.271 e. The fraction of sp³-hybridized carbons (Fsp3) is 0.188. The van der Waals surface area contributed by atoms with Gasteiger partial charge in [0.1, 0.15) is 0 Å². The monoisotopic (exact) mass is 367 g/mol. The van der Waals surface area contributed by atoms with Crippen LogP contribution in [0.15, 0.2) is 42.5 Å². The van der Waals surface area contributed by atoms with E-state index in [2.05, 4.69) is 5.32 Å². The lowest BCUT2D eigenvalue weighted by atomic mass is 10.2. The third-order valence-electron chi connectivity index (χ3n) is 3.19. The van der Waals surface area contributed by atoms with Gasteiger partial charge in [0.2, 0.25) is 5.91 Å². The van der Waals surface area contributed by atoms with Gasteiger partial charge in [-0.25, -0.2) is 0 Å². The Morgan fingerprint density at radius 2 is 2.00 bits per heavy atom. The fourth-order valence-electron chi connectivity index (χ4n) is 2.16. The van der Waals surface area contributed by atoms with E-state index in [1.165, 1.54) is 18.2 Å². The van der Waals surface area contributed by atoms with Gasteiger partial charge in [-0.1, -0.05) is 35.3 Å². The highest BCUT2D eigenvalue weighted by atomic mass is 35.5. The van der Waals surface area contributed by atoms with Crippen molar-refractivity contribution in [3.05, 3.63) is 68.2 Å². The van der Waals surface area contributed by atoms with Gasteiger partial charge in [-0.2, -0.15) is 0 Å². The summed E-state index contributed by atoms with van der Waals surface area (Å²) in [5, 5.41) is 14.1. The van der Waals surface area contributed by atoms with E-state index < -0.39 is 4.92 Å². The minimum Gasteiger partial charge on any atom is -0.324 e. The molecule has 0 saturated heterocycles. The molecular weight excluding hydrogens is 353 g/mol. The fourth-order valence-corrected chi connectivity index (χ4v) is 2.59. The molecule has 2 rings (SSSR count). The van der Waals surface area contributed by atoms with Crippen LogP contribution >= 0.6 is 23.2 Å². The van der Waals surface area contributed by atoms with E-state index in [1.54, 1.807) is 13.1 Å². The first-order valence-corrected chi connectivity index (χ1v) is 7.77. The van der Waals surface area contributed by atoms with Gasteiger partial charge in [0.25, 0.3) is 5.69 Å². The van der Waals surface area contributed by atoms with Crippen LogP contribution in [0.2, 0.25) is 10.0 Å². The number of carbonyl (C=O) groups excluding carboxylic acids is 1. The summed E-state index contributed by atoms with van der Waals surface area (Å²) in [7, 11) is 1.80. The molecule has 1 N–H and O–H groups in total. The number of amides is 1. The molecule has 126 valence electrons. The molecule has 0 heterocycles. The number of likely N-dealkylation sites (N-methyl/N-ethyl adjacent to an activating group) is 1. The number of halogens is 2. The number of hydrogen-bond donors (Lipinski definition) is 1. The quantitative estimate of drug-likeness (QED) is 0.618. The third kappa shape index (κ3) is 5.19. The average molecular weight is 368 g/mol. The van der Waals surface area contributed by atoms with Gasteiger partial charge < -0.3 is 5.32 Å². The highest BCUT2D eigenvalue weighted by Gasteiger charge is 2.13. The lowest BCUT2D eigenvalue weighted by Crippen LogP contribution is -2.29. The lowest BCUT2D eigenvalue weighted by Gasteiger charge is -2.16. The largest absolute Gasteiger partial charge is 0.324 e. The number of benzene rings is 2. The Kier molecular flexibility index (Phi) is 6.14. The highest BCUT2D eigenvalue weighted by Crippen LogP contribution is 2.26. The highest BCUT2D eigenvalue weighted by molar-refractivity contribution is 6.34. The van der Waals surface area contributed by atoms with Crippen molar-refractivity contribution >= 4 is 40.5 Å². The second-order valence-corrected chi connectivity index (χ2v) is 6.12. The second-order valence-electron chi connectivity index (χ2n) is 5.27. The summed E-state index contributed by atoms with van der Waals surface area (Å²) >= 11 is 11.9. The van der Waals surface area contributed by atoms with Gasteiger partial charge in [-0.15, -0.1) is 0 Å². The molecule has 0 fully saturated rings. The number of carbonyl (C=O) groups is 1. The molecule has 0 unspecified atom stereocenters.